The molecule has 2 N–H and O–H groups in total. The Balaban J connectivity index is 2.60. The third-order valence-electron chi connectivity index (χ3n) is 3.37. The molecule has 15 heavy (non-hydrogen) atoms. The van der Waals surface area contributed by atoms with Crippen molar-refractivity contribution in [3.8, 4) is 0 Å². The zero-order valence-corrected chi connectivity index (χ0v) is 10.2. The van der Waals surface area contributed by atoms with Gasteiger partial charge in [0.25, 0.3) is 0 Å². The fourth-order valence-corrected chi connectivity index (χ4v) is 2.57. The minimum atomic E-state index is -0.348. The number of carbonyl (C=O) groups excluding carboxylic acids is 1. The molecular weight excluding hydrogens is 188 g/mol. The van der Waals surface area contributed by atoms with Gasteiger partial charge in [-0.05, 0) is 32.1 Å². The van der Waals surface area contributed by atoms with E-state index in [1.807, 2.05) is 4.90 Å². The first-order valence-corrected chi connectivity index (χ1v) is 6.14. The number of nitrogens with zero attached hydrogens (tertiary/aromatic N) is 1. The van der Waals surface area contributed by atoms with Crippen molar-refractivity contribution in [1.29, 1.82) is 0 Å². The van der Waals surface area contributed by atoms with E-state index in [-0.39, 0.29) is 11.9 Å². The zero-order chi connectivity index (χ0) is 11.4. The van der Waals surface area contributed by atoms with Crippen LogP contribution < -0.4 is 5.73 Å². The Kier molecular flexibility index (Phi) is 4.58. The lowest BCUT2D eigenvalue weighted by Gasteiger charge is -2.30. The summed E-state index contributed by atoms with van der Waals surface area (Å²) in [6.45, 7) is 7.13. The van der Waals surface area contributed by atoms with Gasteiger partial charge in [0.05, 0.1) is 6.04 Å². The predicted octanol–water partition coefficient (Wildman–Crippen LogP) is 1.76. The van der Waals surface area contributed by atoms with Gasteiger partial charge in [0.2, 0.25) is 5.91 Å². The van der Waals surface area contributed by atoms with Gasteiger partial charge in [0.1, 0.15) is 0 Å². The van der Waals surface area contributed by atoms with E-state index < -0.39 is 0 Å². The van der Waals surface area contributed by atoms with Crippen molar-refractivity contribution in [3.63, 3.8) is 0 Å². The largest absolute Gasteiger partial charge is 0.338 e. The Morgan fingerprint density at radius 1 is 1.53 bits per heavy atom. The molecule has 3 unspecified atom stereocenters. The van der Waals surface area contributed by atoms with Crippen LogP contribution in [-0.2, 0) is 4.79 Å². The smallest absolute Gasteiger partial charge is 0.239 e. The summed E-state index contributed by atoms with van der Waals surface area (Å²) >= 11 is 0. The molecule has 0 spiro atoms. The molecule has 1 saturated heterocycles. The van der Waals surface area contributed by atoms with Gasteiger partial charge in [0, 0.05) is 12.6 Å². The molecule has 3 nitrogen and oxygen atoms in total. The average molecular weight is 212 g/mol. The van der Waals surface area contributed by atoms with E-state index in [1.165, 1.54) is 12.8 Å². The normalized spacial score (nSPS) is 25.3. The molecule has 0 aliphatic carbocycles. The topological polar surface area (TPSA) is 46.3 Å². The number of nitrogens with two attached hydrogens (primary N) is 1. The van der Waals surface area contributed by atoms with Crippen molar-refractivity contribution in [2.75, 3.05) is 6.54 Å². The standard InChI is InChI=1S/C12H24N2O/c1-4-6-9(2)11-7-5-8-14(11)12(15)10(3)13/h9-11H,4-8,13H2,1-3H3. The summed E-state index contributed by atoms with van der Waals surface area (Å²) in [6, 6.07) is 0.0860. The predicted molar refractivity (Wildman–Crippen MR) is 62.5 cm³/mol. The first kappa shape index (κ1) is 12.5. The van der Waals surface area contributed by atoms with E-state index in [0.29, 0.717) is 12.0 Å². The molecule has 1 amide bonds. The summed E-state index contributed by atoms with van der Waals surface area (Å²) in [6.07, 6.45) is 4.68. The second-order valence-electron chi connectivity index (χ2n) is 4.80. The van der Waals surface area contributed by atoms with Gasteiger partial charge in [-0.15, -0.1) is 0 Å². The van der Waals surface area contributed by atoms with Crippen molar-refractivity contribution in [2.24, 2.45) is 11.7 Å². The van der Waals surface area contributed by atoms with Gasteiger partial charge in [-0.1, -0.05) is 20.3 Å². The third kappa shape index (κ3) is 2.94. The van der Waals surface area contributed by atoms with Gasteiger partial charge in [0.15, 0.2) is 0 Å². The Morgan fingerprint density at radius 3 is 2.73 bits per heavy atom. The van der Waals surface area contributed by atoms with Gasteiger partial charge in [-0.3, -0.25) is 4.79 Å². The molecule has 0 bridgehead atoms. The Bertz CT molecular complexity index is 216. The maximum absolute atomic E-state index is 11.9. The van der Waals surface area contributed by atoms with Crippen LogP contribution in [0, 0.1) is 5.92 Å². The molecule has 1 fully saturated rings. The maximum Gasteiger partial charge on any atom is 0.239 e. The third-order valence-corrected chi connectivity index (χ3v) is 3.37. The van der Waals surface area contributed by atoms with Crippen LogP contribution in [-0.4, -0.2) is 29.4 Å². The van der Waals surface area contributed by atoms with Crippen LogP contribution in [0.25, 0.3) is 0 Å². The van der Waals surface area contributed by atoms with Crippen LogP contribution in [0.3, 0.4) is 0 Å². The van der Waals surface area contributed by atoms with Crippen LogP contribution in [0.5, 0.6) is 0 Å². The molecule has 0 aromatic rings. The molecule has 0 saturated carbocycles. The van der Waals surface area contributed by atoms with E-state index in [2.05, 4.69) is 13.8 Å². The van der Waals surface area contributed by atoms with Crippen molar-refractivity contribution in [3.05, 3.63) is 0 Å². The molecule has 1 heterocycles. The van der Waals surface area contributed by atoms with Crippen molar-refractivity contribution in [1.82, 2.24) is 4.90 Å². The number of likely N-dealkylation sites (tertiary alicyclic amines) is 1. The van der Waals surface area contributed by atoms with Gasteiger partial charge < -0.3 is 10.6 Å². The zero-order valence-electron chi connectivity index (χ0n) is 10.2. The SMILES string of the molecule is CCCC(C)C1CCCN1C(=O)C(C)N. The fraction of sp³-hybridized carbons (Fsp3) is 0.917. The molecule has 1 aliphatic rings. The van der Waals surface area contributed by atoms with Crippen molar-refractivity contribution in [2.45, 2.75) is 58.5 Å². The molecule has 1 rings (SSSR count). The van der Waals surface area contributed by atoms with Crippen molar-refractivity contribution >= 4 is 5.91 Å². The maximum atomic E-state index is 11.9. The van der Waals surface area contributed by atoms with Crippen LogP contribution in [0.15, 0.2) is 0 Å². The lowest BCUT2D eigenvalue weighted by molar-refractivity contribution is -0.133. The minimum absolute atomic E-state index is 0.125. The van der Waals surface area contributed by atoms with Crippen LogP contribution in [0.2, 0.25) is 0 Å². The fourth-order valence-electron chi connectivity index (χ4n) is 2.57. The van der Waals surface area contributed by atoms with Crippen LogP contribution in [0.4, 0.5) is 0 Å². The number of rotatable bonds is 4. The van der Waals surface area contributed by atoms with E-state index >= 15 is 0 Å². The Hall–Kier alpha value is -0.570. The summed E-state index contributed by atoms with van der Waals surface area (Å²) < 4.78 is 0. The van der Waals surface area contributed by atoms with E-state index in [4.69, 9.17) is 5.73 Å². The van der Waals surface area contributed by atoms with E-state index in [0.717, 1.165) is 19.4 Å². The lowest BCUT2D eigenvalue weighted by Crippen LogP contribution is -2.46. The second kappa shape index (κ2) is 5.50. The van der Waals surface area contributed by atoms with Crippen LogP contribution >= 0.6 is 0 Å². The van der Waals surface area contributed by atoms with Gasteiger partial charge in [-0.25, -0.2) is 0 Å². The highest BCUT2D eigenvalue weighted by Crippen LogP contribution is 2.27. The summed E-state index contributed by atoms with van der Waals surface area (Å²) in [5, 5.41) is 0. The number of carbonyl (C=O) groups is 1. The molecule has 1 aliphatic heterocycles. The number of hydrogen-bond donors (Lipinski definition) is 1. The lowest BCUT2D eigenvalue weighted by atomic mass is 9.95. The summed E-state index contributed by atoms with van der Waals surface area (Å²) in [4.78, 5) is 13.9. The van der Waals surface area contributed by atoms with E-state index in [1.54, 1.807) is 6.92 Å². The highest BCUT2D eigenvalue weighted by molar-refractivity contribution is 5.81. The molecular formula is C12H24N2O. The minimum Gasteiger partial charge on any atom is -0.338 e. The summed E-state index contributed by atoms with van der Waals surface area (Å²) in [5.41, 5.74) is 5.66. The molecule has 0 aromatic heterocycles. The molecule has 3 atom stereocenters. The summed E-state index contributed by atoms with van der Waals surface area (Å²) in [7, 11) is 0. The van der Waals surface area contributed by atoms with E-state index in [9.17, 15) is 4.79 Å². The van der Waals surface area contributed by atoms with Crippen LogP contribution in [0.1, 0.15) is 46.5 Å². The molecule has 3 heteroatoms. The number of amides is 1. The Labute approximate surface area is 93.0 Å². The molecule has 0 aromatic carbocycles. The second-order valence-corrected chi connectivity index (χ2v) is 4.80. The highest BCUT2D eigenvalue weighted by atomic mass is 16.2. The van der Waals surface area contributed by atoms with Gasteiger partial charge >= 0.3 is 0 Å². The Morgan fingerprint density at radius 2 is 2.20 bits per heavy atom. The monoisotopic (exact) mass is 212 g/mol. The van der Waals surface area contributed by atoms with Crippen molar-refractivity contribution < 1.29 is 4.79 Å². The average Bonchev–Trinajstić information content (AvgIpc) is 2.65. The van der Waals surface area contributed by atoms with Gasteiger partial charge in [-0.2, -0.15) is 0 Å². The summed E-state index contributed by atoms with van der Waals surface area (Å²) in [5.74, 6) is 0.737. The molecule has 88 valence electrons. The molecule has 0 radical (unpaired) electrons. The quantitative estimate of drug-likeness (QED) is 0.772. The highest BCUT2D eigenvalue weighted by Gasteiger charge is 2.33. The first-order valence-electron chi connectivity index (χ1n) is 6.14. The number of hydrogen-bond acceptors (Lipinski definition) is 2. The first-order chi connectivity index (χ1) is 7.07.